The zero-order chi connectivity index (χ0) is 17.8. The van der Waals surface area contributed by atoms with Crippen LogP contribution in [0, 0.1) is 21.8 Å². The van der Waals surface area contributed by atoms with Crippen LogP contribution in [-0.4, -0.2) is 17.4 Å². The highest BCUT2D eigenvalue weighted by Gasteiger charge is 2.33. The number of nitro benzene ring substituents is 1. The fourth-order valence-electron chi connectivity index (χ4n) is 2.78. The van der Waals surface area contributed by atoms with Crippen molar-refractivity contribution >= 4 is 11.6 Å². The van der Waals surface area contributed by atoms with Crippen LogP contribution in [0.15, 0.2) is 48.5 Å². The van der Waals surface area contributed by atoms with Gasteiger partial charge in [0.2, 0.25) is 5.91 Å². The number of nitrogens with zero attached hydrogens (tertiary/aromatic N) is 1. The number of amides is 1. The lowest BCUT2D eigenvalue weighted by Gasteiger charge is -2.18. The molecule has 1 amide bonds. The predicted octanol–water partition coefficient (Wildman–Crippen LogP) is 1.82. The number of non-ortho nitro benzene ring substituents is 1. The SMILES string of the molecule is O=C(NCc1ccc(F)cc1)C1CNNC1c1ccc([N+](=O)[O-])cc1. The minimum atomic E-state index is -0.461. The van der Waals surface area contributed by atoms with E-state index in [1.165, 1.54) is 24.3 Å². The Morgan fingerprint density at radius 2 is 1.88 bits per heavy atom. The van der Waals surface area contributed by atoms with Gasteiger partial charge in [0.25, 0.3) is 5.69 Å². The van der Waals surface area contributed by atoms with Gasteiger partial charge in [-0.2, -0.15) is 0 Å². The Bertz CT molecular complexity index is 764. The first kappa shape index (κ1) is 17.0. The summed E-state index contributed by atoms with van der Waals surface area (Å²) < 4.78 is 12.9. The number of nitro groups is 1. The molecule has 2 unspecified atom stereocenters. The zero-order valence-corrected chi connectivity index (χ0v) is 13.2. The number of rotatable bonds is 5. The third kappa shape index (κ3) is 3.98. The summed E-state index contributed by atoms with van der Waals surface area (Å²) >= 11 is 0. The average molecular weight is 344 g/mol. The van der Waals surface area contributed by atoms with E-state index in [2.05, 4.69) is 16.2 Å². The summed E-state index contributed by atoms with van der Waals surface area (Å²) in [7, 11) is 0. The van der Waals surface area contributed by atoms with Gasteiger partial charge in [-0.1, -0.05) is 24.3 Å². The third-order valence-corrected chi connectivity index (χ3v) is 4.16. The molecule has 0 spiro atoms. The number of hydrogen-bond donors (Lipinski definition) is 3. The molecule has 3 N–H and O–H groups in total. The number of halogens is 1. The normalized spacial score (nSPS) is 19.6. The molecule has 7 nitrogen and oxygen atoms in total. The van der Waals surface area contributed by atoms with Crippen LogP contribution in [0.5, 0.6) is 0 Å². The molecule has 1 saturated heterocycles. The highest BCUT2D eigenvalue weighted by molar-refractivity contribution is 5.80. The first-order valence-electron chi connectivity index (χ1n) is 7.79. The fourth-order valence-corrected chi connectivity index (χ4v) is 2.78. The lowest BCUT2D eigenvalue weighted by Crippen LogP contribution is -2.34. The van der Waals surface area contributed by atoms with Crippen LogP contribution in [0.2, 0.25) is 0 Å². The van der Waals surface area contributed by atoms with Gasteiger partial charge in [-0.15, -0.1) is 0 Å². The molecule has 25 heavy (non-hydrogen) atoms. The molecule has 8 heteroatoms. The van der Waals surface area contributed by atoms with Gasteiger partial charge in [0, 0.05) is 25.2 Å². The summed E-state index contributed by atoms with van der Waals surface area (Å²) in [6.07, 6.45) is 0. The summed E-state index contributed by atoms with van der Waals surface area (Å²) in [4.78, 5) is 22.7. The number of carbonyl (C=O) groups excluding carboxylic acids is 1. The highest BCUT2D eigenvalue weighted by Crippen LogP contribution is 2.26. The molecule has 0 radical (unpaired) electrons. The van der Waals surface area contributed by atoms with Crippen molar-refractivity contribution in [2.24, 2.45) is 5.92 Å². The minimum absolute atomic E-state index is 0.00650. The first-order chi connectivity index (χ1) is 12.0. The molecule has 0 aliphatic carbocycles. The molecule has 0 bridgehead atoms. The van der Waals surface area contributed by atoms with Crippen LogP contribution in [0.3, 0.4) is 0 Å². The van der Waals surface area contributed by atoms with Crippen molar-refractivity contribution in [1.82, 2.24) is 16.2 Å². The Hall–Kier alpha value is -2.84. The van der Waals surface area contributed by atoms with Crippen molar-refractivity contribution in [3.8, 4) is 0 Å². The maximum atomic E-state index is 12.9. The van der Waals surface area contributed by atoms with Crippen molar-refractivity contribution in [2.75, 3.05) is 6.54 Å². The maximum absolute atomic E-state index is 12.9. The second-order valence-corrected chi connectivity index (χ2v) is 5.80. The lowest BCUT2D eigenvalue weighted by atomic mass is 9.94. The van der Waals surface area contributed by atoms with Crippen LogP contribution < -0.4 is 16.2 Å². The number of hydrazine groups is 1. The maximum Gasteiger partial charge on any atom is 0.269 e. The van der Waals surface area contributed by atoms with Crippen molar-refractivity contribution in [1.29, 1.82) is 0 Å². The van der Waals surface area contributed by atoms with Crippen LogP contribution in [-0.2, 0) is 11.3 Å². The smallest absolute Gasteiger partial charge is 0.269 e. The van der Waals surface area contributed by atoms with E-state index in [9.17, 15) is 19.3 Å². The Morgan fingerprint density at radius 3 is 2.52 bits per heavy atom. The van der Waals surface area contributed by atoms with E-state index in [1.807, 2.05) is 0 Å². The van der Waals surface area contributed by atoms with Gasteiger partial charge in [0.05, 0.1) is 16.9 Å². The number of hydrogen-bond acceptors (Lipinski definition) is 5. The van der Waals surface area contributed by atoms with Gasteiger partial charge in [-0.3, -0.25) is 20.3 Å². The highest BCUT2D eigenvalue weighted by atomic mass is 19.1. The Balaban J connectivity index is 1.65. The molecule has 130 valence electrons. The van der Waals surface area contributed by atoms with Gasteiger partial charge in [0.15, 0.2) is 0 Å². The van der Waals surface area contributed by atoms with Crippen LogP contribution in [0.4, 0.5) is 10.1 Å². The molecule has 2 aromatic carbocycles. The zero-order valence-electron chi connectivity index (χ0n) is 13.2. The van der Waals surface area contributed by atoms with E-state index in [0.29, 0.717) is 13.1 Å². The van der Waals surface area contributed by atoms with Crippen LogP contribution in [0.25, 0.3) is 0 Å². The van der Waals surface area contributed by atoms with Gasteiger partial charge >= 0.3 is 0 Å². The topological polar surface area (TPSA) is 96.3 Å². The molecule has 0 aromatic heterocycles. The lowest BCUT2D eigenvalue weighted by molar-refractivity contribution is -0.384. The summed E-state index contributed by atoms with van der Waals surface area (Å²) in [5, 5.41) is 13.6. The molecule has 1 heterocycles. The summed E-state index contributed by atoms with van der Waals surface area (Å²) in [5.74, 6) is -0.829. The predicted molar refractivity (Wildman–Crippen MR) is 88.7 cm³/mol. The van der Waals surface area contributed by atoms with Gasteiger partial charge in [-0.05, 0) is 23.3 Å². The number of carbonyl (C=O) groups is 1. The minimum Gasteiger partial charge on any atom is -0.352 e. The van der Waals surface area contributed by atoms with Crippen molar-refractivity contribution in [2.45, 2.75) is 12.6 Å². The van der Waals surface area contributed by atoms with E-state index in [0.717, 1.165) is 11.1 Å². The first-order valence-corrected chi connectivity index (χ1v) is 7.79. The van der Waals surface area contributed by atoms with E-state index >= 15 is 0 Å². The molecule has 0 saturated carbocycles. The number of nitrogens with one attached hydrogen (secondary N) is 3. The summed E-state index contributed by atoms with van der Waals surface area (Å²) in [5.41, 5.74) is 7.58. The monoisotopic (exact) mass is 344 g/mol. The quantitative estimate of drug-likeness (QED) is 0.568. The summed E-state index contributed by atoms with van der Waals surface area (Å²) in [6.45, 7) is 0.750. The second-order valence-electron chi connectivity index (χ2n) is 5.80. The van der Waals surface area contributed by atoms with E-state index in [4.69, 9.17) is 0 Å². The second kappa shape index (κ2) is 7.37. The molecule has 1 aliphatic heterocycles. The molecule has 2 aromatic rings. The van der Waals surface area contributed by atoms with Crippen molar-refractivity contribution in [3.63, 3.8) is 0 Å². The van der Waals surface area contributed by atoms with E-state index in [-0.39, 0.29) is 29.4 Å². The molecule has 3 rings (SSSR count). The Kier molecular flexibility index (Phi) is 5.01. The van der Waals surface area contributed by atoms with Gasteiger partial charge < -0.3 is 5.32 Å². The molecule has 2 atom stereocenters. The van der Waals surface area contributed by atoms with Crippen molar-refractivity contribution < 1.29 is 14.1 Å². The van der Waals surface area contributed by atoms with Crippen LogP contribution in [0.1, 0.15) is 17.2 Å². The molecular weight excluding hydrogens is 327 g/mol. The fraction of sp³-hybridized carbons (Fsp3) is 0.235. The Morgan fingerprint density at radius 1 is 1.20 bits per heavy atom. The number of benzene rings is 2. The average Bonchev–Trinajstić information content (AvgIpc) is 3.11. The molecular formula is C17H17FN4O3. The van der Waals surface area contributed by atoms with Gasteiger partial charge in [-0.25, -0.2) is 9.82 Å². The molecule has 1 fully saturated rings. The largest absolute Gasteiger partial charge is 0.352 e. The van der Waals surface area contributed by atoms with E-state index in [1.54, 1.807) is 24.3 Å². The van der Waals surface area contributed by atoms with Crippen molar-refractivity contribution in [3.05, 3.63) is 75.6 Å². The Labute approximate surface area is 143 Å². The van der Waals surface area contributed by atoms with E-state index < -0.39 is 4.92 Å². The third-order valence-electron chi connectivity index (χ3n) is 4.16. The van der Waals surface area contributed by atoms with Crippen LogP contribution >= 0.6 is 0 Å². The summed E-state index contributed by atoms with van der Waals surface area (Å²) in [6, 6.07) is 11.8. The van der Waals surface area contributed by atoms with Gasteiger partial charge in [0.1, 0.15) is 5.82 Å². The molecule has 1 aliphatic rings. The standard InChI is InChI=1S/C17H17FN4O3/c18-13-5-1-11(2-6-13)9-19-17(23)15-10-20-21-16(15)12-3-7-14(8-4-12)22(24)25/h1-8,15-16,20-21H,9-10H2,(H,19,23).